The first-order chi connectivity index (χ1) is 4.42. The van der Waals surface area contributed by atoms with Crippen molar-refractivity contribution in [1.82, 2.24) is 0 Å². The van der Waals surface area contributed by atoms with Crippen molar-refractivity contribution in [2.75, 3.05) is 0 Å². The molecule has 1 heterocycles. The Morgan fingerprint density at radius 2 is 1.56 bits per heavy atom. The third kappa shape index (κ3) is 0.383. The summed E-state index contributed by atoms with van der Waals surface area (Å²) in [5.74, 6) is 0. The second-order valence-corrected chi connectivity index (χ2v) is 3.48. The maximum atomic E-state index is 5.13. The molecular formula is C7H10O2. The van der Waals surface area contributed by atoms with E-state index in [2.05, 4.69) is 0 Å². The first-order valence-corrected chi connectivity index (χ1v) is 3.74. The van der Waals surface area contributed by atoms with E-state index in [1.54, 1.807) is 0 Å². The van der Waals surface area contributed by atoms with Crippen molar-refractivity contribution < 1.29 is 9.78 Å². The molecule has 1 saturated heterocycles. The largest absolute Gasteiger partial charge is 0.232 e. The highest BCUT2D eigenvalue weighted by atomic mass is 17.2. The van der Waals surface area contributed by atoms with Gasteiger partial charge in [-0.1, -0.05) is 0 Å². The molecule has 2 saturated carbocycles. The average molecular weight is 126 g/mol. The van der Waals surface area contributed by atoms with Crippen LogP contribution >= 0.6 is 0 Å². The van der Waals surface area contributed by atoms with Crippen LogP contribution in [0.3, 0.4) is 0 Å². The quantitative estimate of drug-likeness (QED) is 0.455. The number of hydrogen-bond donors (Lipinski definition) is 0. The van der Waals surface area contributed by atoms with Gasteiger partial charge < -0.3 is 0 Å². The fourth-order valence-corrected chi connectivity index (χ4v) is 2.30. The van der Waals surface area contributed by atoms with Crippen LogP contribution in [0.2, 0.25) is 0 Å². The van der Waals surface area contributed by atoms with Gasteiger partial charge in [0.2, 0.25) is 0 Å². The Hall–Kier alpha value is -0.0800. The fourth-order valence-electron chi connectivity index (χ4n) is 2.30. The molecule has 2 aliphatic carbocycles. The zero-order valence-electron chi connectivity index (χ0n) is 5.30. The summed E-state index contributed by atoms with van der Waals surface area (Å²) in [5.41, 5.74) is 0.528. The van der Waals surface area contributed by atoms with Crippen LogP contribution in [-0.2, 0) is 9.78 Å². The standard InChI is InChI=1S/C7H10O2/c1-2-6-7(3-4-7)5(1)8-9-6/h5-6H,1-4H2. The zero-order valence-corrected chi connectivity index (χ0v) is 5.30. The molecule has 2 bridgehead atoms. The van der Waals surface area contributed by atoms with E-state index in [0.29, 0.717) is 17.6 Å². The molecule has 3 aliphatic rings. The van der Waals surface area contributed by atoms with Gasteiger partial charge in [-0.3, -0.25) is 0 Å². The van der Waals surface area contributed by atoms with Gasteiger partial charge in [-0.15, -0.1) is 0 Å². The minimum absolute atomic E-state index is 0.475. The minimum atomic E-state index is 0.475. The highest BCUT2D eigenvalue weighted by molar-refractivity contribution is 5.10. The van der Waals surface area contributed by atoms with E-state index < -0.39 is 0 Å². The topological polar surface area (TPSA) is 18.5 Å². The summed E-state index contributed by atoms with van der Waals surface area (Å²) in [6.45, 7) is 0. The van der Waals surface area contributed by atoms with Crippen molar-refractivity contribution in [3.8, 4) is 0 Å². The van der Waals surface area contributed by atoms with Gasteiger partial charge in [0, 0.05) is 5.41 Å². The molecule has 0 aromatic rings. The van der Waals surface area contributed by atoms with Gasteiger partial charge in [0.05, 0.1) is 0 Å². The predicted octanol–water partition coefficient (Wildman–Crippen LogP) is 1.26. The summed E-state index contributed by atoms with van der Waals surface area (Å²) < 4.78 is 0. The van der Waals surface area contributed by atoms with Gasteiger partial charge >= 0.3 is 0 Å². The van der Waals surface area contributed by atoms with Crippen molar-refractivity contribution in [3.63, 3.8) is 0 Å². The van der Waals surface area contributed by atoms with E-state index in [-0.39, 0.29) is 0 Å². The Labute approximate surface area is 54.1 Å². The van der Waals surface area contributed by atoms with Crippen LogP contribution in [0.5, 0.6) is 0 Å². The highest BCUT2D eigenvalue weighted by Gasteiger charge is 2.65. The smallest absolute Gasteiger partial charge is 0.101 e. The zero-order chi connectivity index (χ0) is 5.90. The lowest BCUT2D eigenvalue weighted by Gasteiger charge is -2.06. The van der Waals surface area contributed by atoms with Crippen molar-refractivity contribution in [2.45, 2.75) is 37.9 Å². The fraction of sp³-hybridized carbons (Fsp3) is 1.00. The van der Waals surface area contributed by atoms with Crippen LogP contribution in [-0.4, -0.2) is 12.2 Å². The van der Waals surface area contributed by atoms with Gasteiger partial charge in [0.25, 0.3) is 0 Å². The molecule has 2 nitrogen and oxygen atoms in total. The van der Waals surface area contributed by atoms with Crippen molar-refractivity contribution in [2.24, 2.45) is 5.41 Å². The second kappa shape index (κ2) is 1.18. The Morgan fingerprint density at radius 3 is 1.78 bits per heavy atom. The summed E-state index contributed by atoms with van der Waals surface area (Å²) in [5, 5.41) is 0. The minimum Gasteiger partial charge on any atom is -0.232 e. The van der Waals surface area contributed by atoms with Gasteiger partial charge in [-0.05, 0) is 25.7 Å². The molecule has 1 spiro atoms. The van der Waals surface area contributed by atoms with Crippen LogP contribution < -0.4 is 0 Å². The van der Waals surface area contributed by atoms with Crippen molar-refractivity contribution in [1.29, 1.82) is 0 Å². The van der Waals surface area contributed by atoms with Crippen LogP contribution in [0.15, 0.2) is 0 Å². The molecule has 0 aromatic carbocycles. The van der Waals surface area contributed by atoms with Gasteiger partial charge in [0.15, 0.2) is 0 Å². The molecule has 0 amide bonds. The molecule has 0 aromatic heterocycles. The van der Waals surface area contributed by atoms with E-state index in [4.69, 9.17) is 9.78 Å². The van der Waals surface area contributed by atoms with Gasteiger partial charge in [-0.2, -0.15) is 0 Å². The molecule has 3 fully saturated rings. The summed E-state index contributed by atoms with van der Waals surface area (Å²) >= 11 is 0. The van der Waals surface area contributed by atoms with Crippen LogP contribution in [0, 0.1) is 5.41 Å². The molecule has 3 rings (SSSR count). The van der Waals surface area contributed by atoms with Gasteiger partial charge in [-0.25, -0.2) is 9.78 Å². The molecule has 1 aliphatic heterocycles. The summed E-state index contributed by atoms with van der Waals surface area (Å²) in [7, 11) is 0. The first-order valence-electron chi connectivity index (χ1n) is 3.74. The van der Waals surface area contributed by atoms with Crippen molar-refractivity contribution >= 4 is 0 Å². The maximum Gasteiger partial charge on any atom is 0.101 e. The van der Waals surface area contributed by atoms with Crippen LogP contribution in [0.25, 0.3) is 0 Å². The summed E-state index contributed by atoms with van der Waals surface area (Å²) in [4.78, 5) is 10.3. The molecular weight excluding hydrogens is 116 g/mol. The second-order valence-electron chi connectivity index (χ2n) is 3.48. The van der Waals surface area contributed by atoms with Crippen LogP contribution in [0.1, 0.15) is 25.7 Å². The molecule has 0 radical (unpaired) electrons. The molecule has 9 heavy (non-hydrogen) atoms. The molecule has 2 atom stereocenters. The third-order valence-electron chi connectivity index (χ3n) is 3.09. The SMILES string of the molecule is C1CC2OOC1C21CC1. The normalized spacial score (nSPS) is 50.7. The molecule has 50 valence electrons. The Morgan fingerprint density at radius 1 is 1.00 bits per heavy atom. The summed E-state index contributed by atoms with van der Waals surface area (Å²) in [6, 6.07) is 0. The lowest BCUT2D eigenvalue weighted by atomic mass is 10.0. The highest BCUT2D eigenvalue weighted by Crippen LogP contribution is 2.63. The van der Waals surface area contributed by atoms with E-state index in [0.717, 1.165) is 0 Å². The van der Waals surface area contributed by atoms with E-state index in [9.17, 15) is 0 Å². The maximum absolute atomic E-state index is 5.13. The summed E-state index contributed by atoms with van der Waals surface area (Å²) in [6.07, 6.45) is 6.13. The monoisotopic (exact) mass is 126 g/mol. The van der Waals surface area contributed by atoms with Crippen molar-refractivity contribution in [3.05, 3.63) is 0 Å². The van der Waals surface area contributed by atoms with E-state index in [1.165, 1.54) is 25.7 Å². The number of hydrogen-bond acceptors (Lipinski definition) is 2. The Balaban J connectivity index is 2.03. The number of rotatable bonds is 0. The lowest BCUT2D eigenvalue weighted by molar-refractivity contribution is -0.315. The molecule has 2 heteroatoms. The Bertz CT molecular complexity index is 129. The first kappa shape index (κ1) is 4.69. The molecule has 2 unspecified atom stereocenters. The van der Waals surface area contributed by atoms with Gasteiger partial charge in [0.1, 0.15) is 12.2 Å². The average Bonchev–Trinajstić information content (AvgIpc) is 2.53. The predicted molar refractivity (Wildman–Crippen MR) is 30.6 cm³/mol. The van der Waals surface area contributed by atoms with E-state index in [1.807, 2.05) is 0 Å². The van der Waals surface area contributed by atoms with Crippen LogP contribution in [0.4, 0.5) is 0 Å². The third-order valence-corrected chi connectivity index (χ3v) is 3.09. The Kier molecular flexibility index (Phi) is 0.616. The lowest BCUT2D eigenvalue weighted by Crippen LogP contribution is -2.14. The molecule has 0 N–H and O–H groups in total. The van der Waals surface area contributed by atoms with E-state index >= 15 is 0 Å².